The van der Waals surface area contributed by atoms with Crippen LogP contribution < -0.4 is 5.73 Å². The number of nitrogens with two attached hydrogens (primary N) is 1. The average Bonchev–Trinajstić information content (AvgIpc) is 2.84. The fraction of sp³-hybridized carbons (Fsp3) is 0. The summed E-state index contributed by atoms with van der Waals surface area (Å²) in [7, 11) is 0. The molecule has 0 aliphatic heterocycles. The van der Waals surface area contributed by atoms with Crippen molar-refractivity contribution in [2.45, 2.75) is 0 Å². The minimum Gasteiger partial charge on any atom is -0.446 e. The lowest BCUT2D eigenvalue weighted by Crippen LogP contribution is -1.97. The molecule has 0 saturated carbocycles. The first-order valence-corrected chi connectivity index (χ1v) is 5.52. The van der Waals surface area contributed by atoms with Crippen LogP contribution in [0.4, 0.5) is 5.82 Å². The summed E-state index contributed by atoms with van der Waals surface area (Å²) in [4.78, 5) is 4.31. The van der Waals surface area contributed by atoms with Crippen LogP contribution in [0.15, 0.2) is 45.6 Å². The Hall–Kier alpha value is -1.75. The van der Waals surface area contributed by atoms with E-state index < -0.39 is 0 Å². The van der Waals surface area contributed by atoms with Crippen LogP contribution in [0.1, 0.15) is 0 Å². The molecule has 0 aliphatic rings. The molecule has 0 saturated heterocycles. The van der Waals surface area contributed by atoms with Gasteiger partial charge < -0.3 is 10.2 Å². The van der Waals surface area contributed by atoms with Gasteiger partial charge in [0, 0.05) is 0 Å². The molecule has 0 bridgehead atoms. The first kappa shape index (κ1) is 9.47. The van der Waals surface area contributed by atoms with E-state index in [2.05, 4.69) is 20.9 Å². The molecule has 3 rings (SSSR count). The molecule has 3 aromatic heterocycles. The van der Waals surface area contributed by atoms with Crippen molar-refractivity contribution in [3.8, 4) is 11.6 Å². The molecule has 0 radical (unpaired) electrons. The van der Waals surface area contributed by atoms with E-state index in [0.29, 0.717) is 22.1 Å². The fourth-order valence-corrected chi connectivity index (χ4v) is 1.99. The monoisotopic (exact) mass is 277 g/mol. The van der Waals surface area contributed by atoms with E-state index in [9.17, 15) is 0 Å². The summed E-state index contributed by atoms with van der Waals surface area (Å²) in [6.07, 6.45) is 1.77. The first-order chi connectivity index (χ1) is 7.75. The van der Waals surface area contributed by atoms with E-state index in [0.717, 1.165) is 5.52 Å². The number of furan rings is 1. The molecule has 2 N–H and O–H groups in total. The molecule has 0 amide bonds. The maximum absolute atomic E-state index is 5.92. The average molecular weight is 278 g/mol. The summed E-state index contributed by atoms with van der Waals surface area (Å²) in [6, 6.07) is 9.36. The van der Waals surface area contributed by atoms with Gasteiger partial charge in [0.2, 0.25) is 0 Å². The number of anilines is 1. The molecule has 0 spiro atoms. The van der Waals surface area contributed by atoms with Gasteiger partial charge in [0.05, 0.1) is 11.7 Å². The zero-order valence-electron chi connectivity index (χ0n) is 8.22. The third-order valence-corrected chi connectivity index (χ3v) is 2.80. The Morgan fingerprint density at radius 3 is 2.88 bits per heavy atom. The third kappa shape index (κ3) is 1.32. The van der Waals surface area contributed by atoms with E-state index in [4.69, 9.17) is 10.2 Å². The summed E-state index contributed by atoms with van der Waals surface area (Å²) < 4.78 is 8.00. The lowest BCUT2D eigenvalue weighted by Gasteiger charge is -2.01. The number of rotatable bonds is 1. The molecule has 0 aromatic carbocycles. The van der Waals surface area contributed by atoms with Gasteiger partial charge in [-0.2, -0.15) is 0 Å². The van der Waals surface area contributed by atoms with Crippen molar-refractivity contribution in [1.82, 2.24) is 9.38 Å². The topological polar surface area (TPSA) is 56.5 Å². The number of fused-ring (bicyclic) bond motifs is 1. The minimum absolute atomic E-state index is 0.637. The van der Waals surface area contributed by atoms with Gasteiger partial charge in [-0.25, -0.2) is 4.98 Å². The molecule has 0 aliphatic carbocycles. The number of imidazole rings is 1. The van der Waals surface area contributed by atoms with Gasteiger partial charge in [0.25, 0.3) is 0 Å². The van der Waals surface area contributed by atoms with Crippen LogP contribution in [0.3, 0.4) is 0 Å². The highest BCUT2D eigenvalue weighted by Crippen LogP contribution is 2.26. The second kappa shape index (κ2) is 3.38. The van der Waals surface area contributed by atoms with Gasteiger partial charge in [-0.05, 0) is 40.2 Å². The van der Waals surface area contributed by atoms with Crippen molar-refractivity contribution < 1.29 is 4.42 Å². The SMILES string of the molecule is Nc1cccc2cnc(-c3ccc(Br)o3)n12. The predicted octanol–water partition coefficient (Wildman–Crippen LogP) is 2.94. The highest BCUT2D eigenvalue weighted by molar-refractivity contribution is 9.10. The van der Waals surface area contributed by atoms with Crippen molar-refractivity contribution in [3.05, 3.63) is 41.2 Å². The fourth-order valence-electron chi connectivity index (χ4n) is 1.68. The Morgan fingerprint density at radius 1 is 1.25 bits per heavy atom. The molecule has 0 atom stereocenters. The number of nitrogen functional groups attached to an aromatic ring is 1. The molecule has 5 heteroatoms. The smallest absolute Gasteiger partial charge is 0.182 e. The van der Waals surface area contributed by atoms with Crippen molar-refractivity contribution in [2.24, 2.45) is 0 Å². The van der Waals surface area contributed by atoms with Gasteiger partial charge in [-0.3, -0.25) is 4.40 Å². The molecule has 80 valence electrons. The van der Waals surface area contributed by atoms with Crippen LogP contribution in [0.2, 0.25) is 0 Å². The summed E-state index contributed by atoms with van der Waals surface area (Å²) in [6.45, 7) is 0. The van der Waals surface area contributed by atoms with Crippen molar-refractivity contribution in [1.29, 1.82) is 0 Å². The first-order valence-electron chi connectivity index (χ1n) is 4.73. The quantitative estimate of drug-likeness (QED) is 0.744. The van der Waals surface area contributed by atoms with Crippen LogP contribution in [0, 0.1) is 0 Å². The van der Waals surface area contributed by atoms with Crippen LogP contribution in [0.5, 0.6) is 0 Å². The molecule has 4 nitrogen and oxygen atoms in total. The van der Waals surface area contributed by atoms with E-state index in [-0.39, 0.29) is 0 Å². The summed E-state index contributed by atoms with van der Waals surface area (Å²) >= 11 is 3.27. The summed E-state index contributed by atoms with van der Waals surface area (Å²) in [5.41, 5.74) is 6.86. The number of pyridine rings is 1. The Labute approximate surface area is 99.8 Å². The molecule has 0 fully saturated rings. The summed E-state index contributed by atoms with van der Waals surface area (Å²) in [5, 5.41) is 0. The van der Waals surface area contributed by atoms with Gasteiger partial charge in [-0.1, -0.05) is 6.07 Å². The normalized spacial score (nSPS) is 11.1. The number of nitrogens with zero attached hydrogens (tertiary/aromatic N) is 2. The van der Waals surface area contributed by atoms with Gasteiger partial charge >= 0.3 is 0 Å². The second-order valence-electron chi connectivity index (χ2n) is 3.40. The predicted molar refractivity (Wildman–Crippen MR) is 65.0 cm³/mol. The van der Waals surface area contributed by atoms with Crippen LogP contribution in [-0.2, 0) is 0 Å². The van der Waals surface area contributed by atoms with Gasteiger partial charge in [0.15, 0.2) is 16.3 Å². The van der Waals surface area contributed by atoms with E-state index in [1.165, 1.54) is 0 Å². The molecule has 16 heavy (non-hydrogen) atoms. The minimum atomic E-state index is 0.637. The largest absolute Gasteiger partial charge is 0.446 e. The van der Waals surface area contributed by atoms with Gasteiger partial charge in [0.1, 0.15) is 5.82 Å². The molecule has 3 aromatic rings. The number of hydrogen-bond acceptors (Lipinski definition) is 3. The van der Waals surface area contributed by atoms with E-state index >= 15 is 0 Å². The Morgan fingerprint density at radius 2 is 2.12 bits per heavy atom. The molecular formula is C11H8BrN3O. The Kier molecular flexibility index (Phi) is 2.00. The maximum Gasteiger partial charge on any atom is 0.182 e. The van der Waals surface area contributed by atoms with Crippen molar-refractivity contribution in [3.63, 3.8) is 0 Å². The zero-order valence-corrected chi connectivity index (χ0v) is 9.81. The zero-order chi connectivity index (χ0) is 11.1. The Balaban J connectivity index is 2.32. The van der Waals surface area contributed by atoms with Crippen molar-refractivity contribution >= 4 is 27.3 Å². The highest BCUT2D eigenvalue weighted by Gasteiger charge is 2.11. The number of halogens is 1. The van der Waals surface area contributed by atoms with Gasteiger partial charge in [-0.15, -0.1) is 0 Å². The number of aromatic nitrogens is 2. The lowest BCUT2D eigenvalue weighted by atomic mass is 10.4. The number of hydrogen-bond donors (Lipinski definition) is 1. The summed E-state index contributed by atoms with van der Waals surface area (Å²) in [5.74, 6) is 2.03. The highest BCUT2D eigenvalue weighted by atomic mass is 79.9. The Bertz CT molecular complexity index is 656. The lowest BCUT2D eigenvalue weighted by molar-refractivity contribution is 0.551. The standard InChI is InChI=1S/C11H8BrN3O/c12-9-5-4-8(16-9)11-14-6-7-2-1-3-10(13)15(7)11/h1-6H,13H2. The van der Waals surface area contributed by atoms with E-state index in [1.54, 1.807) is 6.20 Å². The van der Waals surface area contributed by atoms with E-state index in [1.807, 2.05) is 34.7 Å². The second-order valence-corrected chi connectivity index (χ2v) is 4.18. The van der Waals surface area contributed by atoms with Crippen LogP contribution in [0.25, 0.3) is 17.1 Å². The van der Waals surface area contributed by atoms with Crippen molar-refractivity contribution in [2.75, 3.05) is 5.73 Å². The van der Waals surface area contributed by atoms with Crippen LogP contribution >= 0.6 is 15.9 Å². The maximum atomic E-state index is 5.92. The van der Waals surface area contributed by atoms with Crippen LogP contribution in [-0.4, -0.2) is 9.38 Å². The third-order valence-electron chi connectivity index (χ3n) is 2.37. The molecule has 3 heterocycles. The molecule has 0 unspecified atom stereocenters. The molecular weight excluding hydrogens is 270 g/mol.